The lowest BCUT2D eigenvalue weighted by Crippen LogP contribution is -2.34. The van der Waals surface area contributed by atoms with Crippen LogP contribution in [0.3, 0.4) is 0 Å². The van der Waals surface area contributed by atoms with E-state index < -0.39 is 0 Å². The molecule has 0 aliphatic heterocycles. The van der Waals surface area contributed by atoms with E-state index in [9.17, 15) is 0 Å². The summed E-state index contributed by atoms with van der Waals surface area (Å²) in [6.45, 7) is 11.1. The van der Waals surface area contributed by atoms with Crippen molar-refractivity contribution in [2.24, 2.45) is 11.1 Å². The molecule has 0 bridgehead atoms. The largest absolute Gasteiger partial charge is 0.327 e. The van der Waals surface area contributed by atoms with Crippen LogP contribution < -0.4 is 5.73 Å². The van der Waals surface area contributed by atoms with Crippen molar-refractivity contribution in [2.75, 3.05) is 0 Å². The first-order valence-electron chi connectivity index (χ1n) is 6.63. The Bertz CT molecular complexity index is 340. The van der Waals surface area contributed by atoms with Gasteiger partial charge < -0.3 is 5.73 Å². The molecule has 1 nitrogen and oxygen atoms in total. The first-order chi connectivity index (χ1) is 7.82. The quantitative estimate of drug-likeness (QED) is 0.835. The van der Waals surface area contributed by atoms with E-state index in [2.05, 4.69) is 52.8 Å². The Morgan fingerprint density at radius 2 is 1.65 bits per heavy atom. The predicted octanol–water partition coefficient (Wildman–Crippen LogP) is 4.00. The van der Waals surface area contributed by atoms with Gasteiger partial charge in [-0.05, 0) is 55.2 Å². The van der Waals surface area contributed by atoms with Crippen LogP contribution >= 0.6 is 0 Å². The molecule has 1 heteroatoms. The molecule has 1 rings (SSSR count). The molecular formula is C16H27N. The van der Waals surface area contributed by atoms with Gasteiger partial charge in [-0.1, -0.05) is 39.0 Å². The lowest BCUT2D eigenvalue weighted by atomic mass is 9.84. The highest BCUT2D eigenvalue weighted by atomic mass is 14.7. The zero-order valence-corrected chi connectivity index (χ0v) is 12.0. The topological polar surface area (TPSA) is 26.0 Å². The van der Waals surface area contributed by atoms with Crippen LogP contribution in [0.1, 0.15) is 50.3 Å². The minimum absolute atomic E-state index is 0.223. The summed E-state index contributed by atoms with van der Waals surface area (Å²) in [5.74, 6) is 0. The number of hydrogen-bond acceptors (Lipinski definition) is 1. The molecule has 0 aromatic heterocycles. The van der Waals surface area contributed by atoms with Crippen LogP contribution in [-0.2, 0) is 6.42 Å². The minimum atomic E-state index is 0.223. The molecule has 96 valence electrons. The molecule has 0 spiro atoms. The van der Waals surface area contributed by atoms with Gasteiger partial charge in [0.25, 0.3) is 0 Å². The van der Waals surface area contributed by atoms with Gasteiger partial charge in [0.1, 0.15) is 0 Å². The molecule has 0 heterocycles. The third-order valence-electron chi connectivity index (χ3n) is 3.70. The zero-order chi connectivity index (χ0) is 13.1. The Balaban J connectivity index is 2.52. The maximum Gasteiger partial charge on any atom is 0.00877 e. The van der Waals surface area contributed by atoms with Crippen LogP contribution in [0.15, 0.2) is 18.2 Å². The number of benzene rings is 1. The Labute approximate surface area is 106 Å². The first kappa shape index (κ1) is 14.2. The van der Waals surface area contributed by atoms with Gasteiger partial charge in [-0.15, -0.1) is 0 Å². The normalized spacial score (nSPS) is 13.8. The molecular weight excluding hydrogens is 206 g/mol. The van der Waals surface area contributed by atoms with Crippen LogP contribution in [-0.4, -0.2) is 6.04 Å². The minimum Gasteiger partial charge on any atom is -0.327 e. The van der Waals surface area contributed by atoms with E-state index >= 15 is 0 Å². The molecule has 0 aliphatic carbocycles. The predicted molar refractivity (Wildman–Crippen MR) is 76.3 cm³/mol. The monoisotopic (exact) mass is 233 g/mol. The summed E-state index contributed by atoms with van der Waals surface area (Å²) < 4.78 is 0. The highest BCUT2D eigenvalue weighted by Gasteiger charge is 2.19. The molecule has 1 unspecified atom stereocenters. The number of rotatable bonds is 4. The third kappa shape index (κ3) is 4.16. The van der Waals surface area contributed by atoms with E-state index in [1.165, 1.54) is 23.1 Å². The molecule has 0 saturated heterocycles. The maximum absolute atomic E-state index is 6.19. The molecule has 0 fully saturated rings. The summed E-state index contributed by atoms with van der Waals surface area (Å²) >= 11 is 0. The number of aryl methyl sites for hydroxylation is 2. The van der Waals surface area contributed by atoms with E-state index in [0.29, 0.717) is 6.04 Å². The molecule has 0 saturated carbocycles. The molecule has 17 heavy (non-hydrogen) atoms. The number of hydrogen-bond donors (Lipinski definition) is 1. The fraction of sp³-hybridized carbons (Fsp3) is 0.625. The number of nitrogens with two attached hydrogens (primary N) is 1. The van der Waals surface area contributed by atoms with Crippen molar-refractivity contribution < 1.29 is 0 Å². The van der Waals surface area contributed by atoms with E-state index in [0.717, 1.165) is 12.8 Å². The summed E-state index contributed by atoms with van der Waals surface area (Å²) in [6.07, 6.45) is 3.45. The SMILES string of the molecule is Cc1cccc(C)c1CCCC(N)C(C)(C)C. The second-order valence-corrected chi connectivity index (χ2v) is 6.24. The Morgan fingerprint density at radius 3 is 2.12 bits per heavy atom. The smallest absolute Gasteiger partial charge is 0.00877 e. The maximum atomic E-state index is 6.19. The molecule has 0 radical (unpaired) electrons. The van der Waals surface area contributed by atoms with Gasteiger partial charge >= 0.3 is 0 Å². The molecule has 1 atom stereocenters. The molecule has 0 aliphatic rings. The Hall–Kier alpha value is -0.820. The van der Waals surface area contributed by atoms with Crippen molar-refractivity contribution in [1.29, 1.82) is 0 Å². The highest BCUT2D eigenvalue weighted by molar-refractivity contribution is 5.33. The summed E-state index contributed by atoms with van der Waals surface area (Å²) in [4.78, 5) is 0. The van der Waals surface area contributed by atoms with E-state index in [1.54, 1.807) is 0 Å². The summed E-state index contributed by atoms with van der Waals surface area (Å²) in [7, 11) is 0. The van der Waals surface area contributed by atoms with Crippen molar-refractivity contribution in [3.8, 4) is 0 Å². The van der Waals surface area contributed by atoms with Crippen molar-refractivity contribution >= 4 is 0 Å². The van der Waals surface area contributed by atoms with Crippen LogP contribution in [0, 0.1) is 19.3 Å². The lowest BCUT2D eigenvalue weighted by molar-refractivity contribution is 0.301. The third-order valence-corrected chi connectivity index (χ3v) is 3.70. The Morgan fingerprint density at radius 1 is 1.12 bits per heavy atom. The van der Waals surface area contributed by atoms with Crippen LogP contribution in [0.4, 0.5) is 0 Å². The molecule has 1 aromatic rings. The first-order valence-corrected chi connectivity index (χ1v) is 6.63. The molecule has 2 N–H and O–H groups in total. The second-order valence-electron chi connectivity index (χ2n) is 6.24. The van der Waals surface area contributed by atoms with Crippen molar-refractivity contribution in [1.82, 2.24) is 0 Å². The highest BCUT2D eigenvalue weighted by Crippen LogP contribution is 2.22. The fourth-order valence-corrected chi connectivity index (χ4v) is 2.18. The summed E-state index contributed by atoms with van der Waals surface area (Å²) in [6, 6.07) is 6.83. The van der Waals surface area contributed by atoms with Gasteiger partial charge in [0.2, 0.25) is 0 Å². The van der Waals surface area contributed by atoms with Crippen LogP contribution in [0.2, 0.25) is 0 Å². The van der Waals surface area contributed by atoms with Gasteiger partial charge in [-0.2, -0.15) is 0 Å². The standard InChI is InChI=1S/C16H27N/c1-12-8-6-9-13(2)14(12)10-7-11-15(17)16(3,4)5/h6,8-9,15H,7,10-11,17H2,1-5H3. The van der Waals surface area contributed by atoms with E-state index in [4.69, 9.17) is 5.73 Å². The average molecular weight is 233 g/mol. The Kier molecular flexibility index (Phi) is 4.76. The second kappa shape index (κ2) is 5.68. The van der Waals surface area contributed by atoms with Crippen LogP contribution in [0.25, 0.3) is 0 Å². The average Bonchev–Trinajstić information content (AvgIpc) is 2.20. The van der Waals surface area contributed by atoms with Gasteiger partial charge in [0.15, 0.2) is 0 Å². The fourth-order valence-electron chi connectivity index (χ4n) is 2.18. The van der Waals surface area contributed by atoms with Crippen LogP contribution in [0.5, 0.6) is 0 Å². The van der Waals surface area contributed by atoms with Gasteiger partial charge in [-0.3, -0.25) is 0 Å². The van der Waals surface area contributed by atoms with Gasteiger partial charge in [0.05, 0.1) is 0 Å². The van der Waals surface area contributed by atoms with Crippen molar-refractivity contribution in [3.63, 3.8) is 0 Å². The summed E-state index contributed by atoms with van der Waals surface area (Å²) in [5.41, 5.74) is 10.7. The van der Waals surface area contributed by atoms with Gasteiger partial charge in [-0.25, -0.2) is 0 Å². The van der Waals surface area contributed by atoms with E-state index in [1.807, 2.05) is 0 Å². The molecule has 1 aromatic carbocycles. The summed E-state index contributed by atoms with van der Waals surface area (Å²) in [5, 5.41) is 0. The van der Waals surface area contributed by atoms with Gasteiger partial charge in [0, 0.05) is 6.04 Å². The van der Waals surface area contributed by atoms with Crippen molar-refractivity contribution in [2.45, 2.75) is 59.9 Å². The van der Waals surface area contributed by atoms with Crippen molar-refractivity contribution in [3.05, 3.63) is 34.9 Å². The van der Waals surface area contributed by atoms with E-state index in [-0.39, 0.29) is 5.41 Å². The lowest BCUT2D eigenvalue weighted by Gasteiger charge is -2.27. The molecule has 0 amide bonds. The zero-order valence-electron chi connectivity index (χ0n) is 12.0.